The molecule has 4 N–H and O–H groups in total. The van der Waals surface area contributed by atoms with Gasteiger partial charge in [0, 0.05) is 13.1 Å². The molecule has 0 aliphatic carbocycles. The van der Waals surface area contributed by atoms with E-state index in [0.717, 1.165) is 16.9 Å². The van der Waals surface area contributed by atoms with Crippen LogP contribution in [-0.2, 0) is 35.1 Å². The SMILES string of the molecule is COC(=O)C[C@H]1C(=O)N(CC(=O)O)CCN1C(=O)CNC(=O)Cc1cccc(N)n1. The van der Waals surface area contributed by atoms with Crippen molar-refractivity contribution >= 4 is 35.5 Å². The minimum atomic E-state index is -1.21. The van der Waals surface area contributed by atoms with E-state index in [2.05, 4.69) is 15.0 Å². The van der Waals surface area contributed by atoms with Gasteiger partial charge in [0.1, 0.15) is 18.4 Å². The van der Waals surface area contributed by atoms with Crippen LogP contribution in [0.4, 0.5) is 5.82 Å². The Morgan fingerprint density at radius 3 is 2.67 bits per heavy atom. The summed E-state index contributed by atoms with van der Waals surface area (Å²) in [6.07, 6.45) is -0.506. The van der Waals surface area contributed by atoms with Gasteiger partial charge in [-0.1, -0.05) is 6.07 Å². The van der Waals surface area contributed by atoms with Crippen LogP contribution in [0.2, 0.25) is 0 Å². The van der Waals surface area contributed by atoms with Gasteiger partial charge in [-0.25, -0.2) is 4.98 Å². The maximum absolute atomic E-state index is 12.6. The third-order valence-corrected chi connectivity index (χ3v) is 4.42. The van der Waals surface area contributed by atoms with Crippen molar-refractivity contribution < 1.29 is 33.8 Å². The fourth-order valence-electron chi connectivity index (χ4n) is 3.00. The molecule has 2 heterocycles. The molecular weight excluding hydrogens is 398 g/mol. The molecule has 0 radical (unpaired) electrons. The molecule has 3 amide bonds. The maximum atomic E-state index is 12.6. The number of aromatic nitrogens is 1. The van der Waals surface area contributed by atoms with Crippen molar-refractivity contribution in [1.29, 1.82) is 0 Å². The number of pyridine rings is 1. The first-order valence-electron chi connectivity index (χ1n) is 9.06. The first-order valence-corrected chi connectivity index (χ1v) is 9.06. The molecule has 12 nitrogen and oxygen atoms in total. The summed E-state index contributed by atoms with van der Waals surface area (Å²) in [4.78, 5) is 66.1. The number of carbonyl (C=O) groups is 5. The Kier molecular flexibility index (Phi) is 7.67. The van der Waals surface area contributed by atoms with Crippen LogP contribution in [0, 0.1) is 0 Å². The molecule has 0 aromatic carbocycles. The largest absolute Gasteiger partial charge is 0.480 e. The first-order chi connectivity index (χ1) is 14.2. The molecule has 30 heavy (non-hydrogen) atoms. The Morgan fingerprint density at radius 1 is 1.30 bits per heavy atom. The lowest BCUT2D eigenvalue weighted by Crippen LogP contribution is -2.61. The Hall–Kier alpha value is -3.70. The average molecular weight is 421 g/mol. The number of hydrogen-bond acceptors (Lipinski definition) is 8. The second-order valence-corrected chi connectivity index (χ2v) is 6.54. The predicted molar refractivity (Wildman–Crippen MR) is 102 cm³/mol. The highest BCUT2D eigenvalue weighted by Gasteiger charge is 2.39. The van der Waals surface area contributed by atoms with E-state index in [1.54, 1.807) is 18.2 Å². The molecule has 1 aromatic rings. The van der Waals surface area contributed by atoms with Gasteiger partial charge in [0.25, 0.3) is 0 Å². The van der Waals surface area contributed by atoms with Crippen LogP contribution in [0.3, 0.4) is 0 Å². The average Bonchev–Trinajstić information content (AvgIpc) is 2.68. The minimum absolute atomic E-state index is 0.00426. The van der Waals surface area contributed by atoms with Crippen molar-refractivity contribution in [1.82, 2.24) is 20.1 Å². The van der Waals surface area contributed by atoms with E-state index in [1.807, 2.05) is 0 Å². The molecule has 162 valence electrons. The van der Waals surface area contributed by atoms with Gasteiger partial charge in [0.2, 0.25) is 17.7 Å². The van der Waals surface area contributed by atoms with Gasteiger partial charge >= 0.3 is 11.9 Å². The predicted octanol–water partition coefficient (Wildman–Crippen LogP) is -1.99. The molecule has 1 saturated heterocycles. The fraction of sp³-hybridized carbons (Fsp3) is 0.444. The summed E-state index contributed by atoms with van der Waals surface area (Å²) in [5.74, 6) is -3.39. The lowest BCUT2D eigenvalue weighted by Gasteiger charge is -2.39. The van der Waals surface area contributed by atoms with Gasteiger partial charge in [-0.2, -0.15) is 0 Å². The first kappa shape index (κ1) is 22.6. The van der Waals surface area contributed by atoms with E-state index in [4.69, 9.17) is 10.8 Å². The monoisotopic (exact) mass is 421 g/mol. The second-order valence-electron chi connectivity index (χ2n) is 6.54. The highest BCUT2D eigenvalue weighted by atomic mass is 16.5. The van der Waals surface area contributed by atoms with Crippen LogP contribution in [0.25, 0.3) is 0 Å². The highest BCUT2D eigenvalue weighted by molar-refractivity contribution is 5.94. The van der Waals surface area contributed by atoms with Crippen molar-refractivity contribution in [2.45, 2.75) is 18.9 Å². The van der Waals surface area contributed by atoms with Gasteiger partial charge in [0.15, 0.2) is 0 Å². The number of nitrogen functional groups attached to an aromatic ring is 1. The number of methoxy groups -OCH3 is 1. The Labute approximate surface area is 172 Å². The smallest absolute Gasteiger partial charge is 0.323 e. The number of amides is 3. The number of carboxylic acid groups (broad SMARTS) is 1. The zero-order valence-corrected chi connectivity index (χ0v) is 16.4. The fourth-order valence-corrected chi connectivity index (χ4v) is 3.00. The number of carbonyl (C=O) groups excluding carboxylic acids is 4. The lowest BCUT2D eigenvalue weighted by atomic mass is 10.1. The molecule has 1 aliphatic rings. The van der Waals surface area contributed by atoms with E-state index >= 15 is 0 Å². The highest BCUT2D eigenvalue weighted by Crippen LogP contribution is 2.16. The number of carboxylic acids is 1. The third-order valence-electron chi connectivity index (χ3n) is 4.42. The number of hydrogen-bond donors (Lipinski definition) is 3. The number of aliphatic carboxylic acids is 1. The molecule has 0 unspecified atom stereocenters. The standard InChI is InChI=1S/C18H23N5O7/c1-30-17(28)8-12-18(29)22(10-16(26)27)5-6-23(12)15(25)9-20-14(24)7-11-3-2-4-13(19)21-11/h2-4,12H,5-10H2,1H3,(H2,19,21)(H,20,24)(H,26,27)/t12-/m0/s1. The van der Waals surface area contributed by atoms with Crippen molar-refractivity contribution in [3.8, 4) is 0 Å². The molecular formula is C18H23N5O7. The lowest BCUT2D eigenvalue weighted by molar-refractivity contribution is -0.158. The van der Waals surface area contributed by atoms with Crippen LogP contribution in [0.5, 0.6) is 0 Å². The van der Waals surface area contributed by atoms with Crippen LogP contribution in [0.1, 0.15) is 12.1 Å². The van der Waals surface area contributed by atoms with E-state index in [9.17, 15) is 24.0 Å². The second kappa shape index (κ2) is 10.2. The molecule has 12 heteroatoms. The summed E-state index contributed by atoms with van der Waals surface area (Å²) >= 11 is 0. The van der Waals surface area contributed by atoms with Gasteiger partial charge in [-0.3, -0.25) is 24.0 Å². The summed E-state index contributed by atoms with van der Waals surface area (Å²) in [5.41, 5.74) is 5.99. The van der Waals surface area contributed by atoms with Crippen molar-refractivity contribution in [2.24, 2.45) is 0 Å². The molecule has 0 spiro atoms. The number of rotatable bonds is 8. The van der Waals surface area contributed by atoms with Crippen LogP contribution in [0.15, 0.2) is 18.2 Å². The van der Waals surface area contributed by atoms with Gasteiger partial charge in [0.05, 0.1) is 32.2 Å². The van der Waals surface area contributed by atoms with E-state index in [0.29, 0.717) is 5.69 Å². The number of piperazine rings is 1. The summed E-state index contributed by atoms with van der Waals surface area (Å²) < 4.78 is 4.57. The van der Waals surface area contributed by atoms with Crippen molar-refractivity contribution in [3.05, 3.63) is 23.9 Å². The Bertz CT molecular complexity index is 844. The maximum Gasteiger partial charge on any atom is 0.323 e. The summed E-state index contributed by atoms with van der Waals surface area (Å²) in [5, 5.41) is 11.4. The van der Waals surface area contributed by atoms with E-state index < -0.39 is 55.2 Å². The topological polar surface area (TPSA) is 172 Å². The molecule has 1 aromatic heterocycles. The molecule has 2 rings (SSSR count). The van der Waals surface area contributed by atoms with Gasteiger partial charge in [-0.15, -0.1) is 0 Å². The van der Waals surface area contributed by atoms with Gasteiger partial charge in [-0.05, 0) is 12.1 Å². The van der Waals surface area contributed by atoms with Gasteiger partial charge < -0.3 is 30.7 Å². The normalized spacial score (nSPS) is 16.2. The van der Waals surface area contributed by atoms with Crippen LogP contribution >= 0.6 is 0 Å². The third kappa shape index (κ3) is 6.15. The molecule has 0 saturated carbocycles. The Balaban J connectivity index is 2.00. The zero-order chi connectivity index (χ0) is 22.3. The van der Waals surface area contributed by atoms with Crippen molar-refractivity contribution in [2.75, 3.05) is 39.0 Å². The van der Waals surface area contributed by atoms with Crippen LogP contribution < -0.4 is 11.1 Å². The number of nitrogens with two attached hydrogens (primary N) is 1. The molecule has 0 bridgehead atoms. The Morgan fingerprint density at radius 2 is 2.03 bits per heavy atom. The number of ether oxygens (including phenoxy) is 1. The summed E-state index contributed by atoms with van der Waals surface area (Å²) in [7, 11) is 1.14. The zero-order valence-electron chi connectivity index (χ0n) is 16.4. The summed E-state index contributed by atoms with van der Waals surface area (Å²) in [6.45, 7) is -0.921. The van der Waals surface area contributed by atoms with E-state index in [1.165, 1.54) is 0 Å². The van der Waals surface area contributed by atoms with Crippen molar-refractivity contribution in [3.63, 3.8) is 0 Å². The number of esters is 1. The molecule has 1 aliphatic heterocycles. The molecule has 1 fully saturated rings. The van der Waals surface area contributed by atoms with E-state index in [-0.39, 0.29) is 25.3 Å². The van der Waals surface area contributed by atoms with Crippen LogP contribution in [-0.4, -0.2) is 88.9 Å². The number of anilines is 1. The minimum Gasteiger partial charge on any atom is -0.480 e. The summed E-state index contributed by atoms with van der Waals surface area (Å²) in [6, 6.07) is 3.64. The number of nitrogens with one attached hydrogen (secondary N) is 1. The number of nitrogens with zero attached hydrogens (tertiary/aromatic N) is 3. The molecule has 1 atom stereocenters. The quantitative estimate of drug-likeness (QED) is 0.402.